The molecule has 0 saturated heterocycles. The molecule has 1 aliphatic carbocycles. The van der Waals surface area contributed by atoms with Crippen LogP contribution in [-0.4, -0.2) is 25.7 Å². The molecule has 1 amide bonds. The highest BCUT2D eigenvalue weighted by molar-refractivity contribution is 5.95. The second-order valence-corrected chi connectivity index (χ2v) is 7.46. The van der Waals surface area contributed by atoms with Crippen molar-refractivity contribution in [1.82, 2.24) is 25.1 Å². The number of carbonyl (C=O) groups excluding carboxylic acids is 1. The number of halogens is 9. The number of hydrogen-bond donors (Lipinski definition) is 1. The number of aryl methyl sites for hydroxylation is 1. The summed E-state index contributed by atoms with van der Waals surface area (Å²) in [6.07, 6.45) is -14.0. The number of nitrogens with zero attached hydrogens (tertiary/aromatic N) is 4. The lowest BCUT2D eigenvalue weighted by atomic mass is 9.96. The first-order valence-corrected chi connectivity index (χ1v) is 9.72. The third-order valence-electron chi connectivity index (χ3n) is 5.08. The Morgan fingerprint density at radius 1 is 1.09 bits per heavy atom. The molecule has 0 saturated carbocycles. The van der Waals surface area contributed by atoms with Crippen LogP contribution in [0.4, 0.5) is 39.5 Å². The normalized spacial score (nSPS) is 16.8. The van der Waals surface area contributed by atoms with Crippen LogP contribution in [0.5, 0.6) is 0 Å². The molecule has 1 aliphatic rings. The first-order chi connectivity index (χ1) is 16.2. The first-order valence-electron chi connectivity index (χ1n) is 9.72. The van der Waals surface area contributed by atoms with E-state index in [2.05, 4.69) is 20.4 Å². The van der Waals surface area contributed by atoms with E-state index in [0.717, 1.165) is 6.20 Å². The van der Waals surface area contributed by atoms with Gasteiger partial charge in [0.2, 0.25) is 5.89 Å². The van der Waals surface area contributed by atoms with Crippen molar-refractivity contribution in [2.75, 3.05) is 0 Å². The zero-order chi connectivity index (χ0) is 25.8. The zero-order valence-electron chi connectivity index (χ0n) is 17.0. The van der Waals surface area contributed by atoms with Crippen molar-refractivity contribution >= 4 is 5.91 Å². The molecule has 3 aromatic heterocycles. The molecule has 3 heterocycles. The minimum absolute atomic E-state index is 0.0433. The number of aromatic nitrogens is 4. The number of amides is 1. The third-order valence-corrected chi connectivity index (χ3v) is 5.08. The standard InChI is InChI=1S/C19H12F9N5O2/c20-17(21,22)12-6-8(4-5-29-12)16-32-13-10(2-1-3-11(13)35-16)31-15(34)9-7-30-33(19(26,27)28)14(9)18(23,24)25/h4-7,10H,1-3H2,(H,31,34)/t10-/m1/s1. The van der Waals surface area contributed by atoms with E-state index in [0.29, 0.717) is 12.5 Å². The van der Waals surface area contributed by atoms with E-state index in [4.69, 9.17) is 4.42 Å². The minimum Gasteiger partial charge on any atom is -0.441 e. The van der Waals surface area contributed by atoms with Gasteiger partial charge in [-0.15, -0.1) is 13.2 Å². The quantitative estimate of drug-likeness (QED) is 0.484. The number of pyridine rings is 1. The number of fused-ring (bicyclic) bond motifs is 1. The van der Waals surface area contributed by atoms with Gasteiger partial charge in [-0.25, -0.2) is 4.98 Å². The largest absolute Gasteiger partial charge is 0.505 e. The number of carbonyl (C=O) groups is 1. The zero-order valence-corrected chi connectivity index (χ0v) is 17.0. The van der Waals surface area contributed by atoms with Crippen LogP contribution in [0, 0.1) is 0 Å². The Morgan fingerprint density at radius 2 is 1.80 bits per heavy atom. The Morgan fingerprint density at radius 3 is 2.43 bits per heavy atom. The summed E-state index contributed by atoms with van der Waals surface area (Å²) >= 11 is 0. The van der Waals surface area contributed by atoms with E-state index in [1.165, 1.54) is 6.07 Å². The molecule has 0 aromatic carbocycles. The predicted octanol–water partition coefficient (Wildman–Crippen LogP) is 5.25. The maximum Gasteiger partial charge on any atom is 0.505 e. The van der Waals surface area contributed by atoms with Gasteiger partial charge in [-0.05, 0) is 25.0 Å². The van der Waals surface area contributed by atoms with Gasteiger partial charge in [-0.1, -0.05) is 0 Å². The van der Waals surface area contributed by atoms with Crippen LogP contribution in [-0.2, 0) is 25.1 Å². The molecule has 0 spiro atoms. The molecule has 188 valence electrons. The molecule has 16 heteroatoms. The maximum atomic E-state index is 13.3. The number of nitrogens with one attached hydrogen (secondary N) is 1. The molecule has 1 N–H and O–H groups in total. The third kappa shape index (κ3) is 4.81. The summed E-state index contributed by atoms with van der Waals surface area (Å²) in [6, 6.07) is 0.816. The van der Waals surface area contributed by atoms with Crippen LogP contribution in [0.15, 0.2) is 28.9 Å². The maximum absolute atomic E-state index is 13.3. The van der Waals surface area contributed by atoms with Crippen molar-refractivity contribution in [2.45, 2.75) is 44.0 Å². The van der Waals surface area contributed by atoms with Gasteiger partial charge in [-0.2, -0.15) is 36.1 Å². The Labute approximate surface area is 189 Å². The second kappa shape index (κ2) is 8.27. The topological polar surface area (TPSA) is 85.8 Å². The van der Waals surface area contributed by atoms with Crippen LogP contribution < -0.4 is 5.32 Å². The van der Waals surface area contributed by atoms with Crippen molar-refractivity contribution in [3.63, 3.8) is 0 Å². The monoisotopic (exact) mass is 513 g/mol. The van der Waals surface area contributed by atoms with Gasteiger partial charge in [0.25, 0.3) is 5.91 Å². The van der Waals surface area contributed by atoms with E-state index in [1.54, 1.807) is 0 Å². The van der Waals surface area contributed by atoms with Gasteiger partial charge in [0, 0.05) is 18.2 Å². The molecule has 35 heavy (non-hydrogen) atoms. The number of hydrogen-bond acceptors (Lipinski definition) is 5. The van der Waals surface area contributed by atoms with Gasteiger partial charge in [0.05, 0.1) is 17.8 Å². The fraction of sp³-hybridized carbons (Fsp3) is 0.368. The molecule has 1 atom stereocenters. The van der Waals surface area contributed by atoms with Crippen LogP contribution in [0.3, 0.4) is 0 Å². The first kappa shape index (κ1) is 24.5. The Bertz CT molecular complexity index is 1260. The van der Waals surface area contributed by atoms with Gasteiger partial charge in [-0.3, -0.25) is 9.78 Å². The molecule has 0 unspecified atom stereocenters. The van der Waals surface area contributed by atoms with E-state index in [1.807, 2.05) is 0 Å². The highest BCUT2D eigenvalue weighted by Gasteiger charge is 2.47. The predicted molar refractivity (Wildman–Crippen MR) is 96.4 cm³/mol. The Balaban J connectivity index is 1.64. The summed E-state index contributed by atoms with van der Waals surface area (Å²) in [5, 5.41) is 4.86. The van der Waals surface area contributed by atoms with Crippen LogP contribution in [0.25, 0.3) is 11.5 Å². The van der Waals surface area contributed by atoms with Crippen LogP contribution in [0.1, 0.15) is 52.1 Å². The smallest absolute Gasteiger partial charge is 0.441 e. The average Bonchev–Trinajstić information content (AvgIpc) is 3.38. The lowest BCUT2D eigenvalue weighted by Gasteiger charge is -2.21. The van der Waals surface area contributed by atoms with Crippen molar-refractivity contribution in [2.24, 2.45) is 0 Å². The lowest BCUT2D eigenvalue weighted by molar-refractivity contribution is -0.229. The van der Waals surface area contributed by atoms with Gasteiger partial charge in [0.1, 0.15) is 17.1 Å². The summed E-state index contributed by atoms with van der Waals surface area (Å²) < 4.78 is 122. The summed E-state index contributed by atoms with van der Waals surface area (Å²) in [6.45, 7) is 0. The SMILES string of the molecule is O=C(N[C@@H]1CCCc2oc(-c3ccnc(C(F)(F)F)c3)nc21)c1cnn(C(F)(F)F)c1C(F)(F)F. The molecule has 0 radical (unpaired) electrons. The van der Waals surface area contributed by atoms with E-state index < -0.39 is 52.2 Å². The van der Waals surface area contributed by atoms with Crippen LogP contribution >= 0.6 is 0 Å². The van der Waals surface area contributed by atoms with E-state index in [9.17, 15) is 44.3 Å². The van der Waals surface area contributed by atoms with Crippen molar-refractivity contribution in [1.29, 1.82) is 0 Å². The molecule has 4 rings (SSSR count). The average molecular weight is 513 g/mol. The summed E-state index contributed by atoms with van der Waals surface area (Å²) in [4.78, 5) is 19.8. The van der Waals surface area contributed by atoms with E-state index >= 15 is 0 Å². The van der Waals surface area contributed by atoms with Crippen molar-refractivity contribution < 1.29 is 48.7 Å². The highest BCUT2D eigenvalue weighted by Crippen LogP contribution is 2.38. The fourth-order valence-corrected chi connectivity index (χ4v) is 3.62. The molecule has 0 aliphatic heterocycles. The fourth-order valence-electron chi connectivity index (χ4n) is 3.62. The molecule has 7 nitrogen and oxygen atoms in total. The number of rotatable bonds is 3. The summed E-state index contributed by atoms with van der Waals surface area (Å²) in [7, 11) is 0. The van der Waals surface area contributed by atoms with Crippen molar-refractivity contribution in [3.8, 4) is 11.5 Å². The Kier molecular flexibility index (Phi) is 5.79. The molecular formula is C19H12F9N5O2. The minimum atomic E-state index is -5.55. The van der Waals surface area contributed by atoms with E-state index in [-0.39, 0.29) is 41.9 Å². The number of oxazole rings is 1. The van der Waals surface area contributed by atoms with Crippen LogP contribution in [0.2, 0.25) is 0 Å². The molecular weight excluding hydrogens is 501 g/mol. The summed E-state index contributed by atoms with van der Waals surface area (Å²) in [5.41, 5.74) is -4.90. The molecule has 0 bridgehead atoms. The number of alkyl halides is 9. The van der Waals surface area contributed by atoms with Gasteiger partial charge < -0.3 is 9.73 Å². The summed E-state index contributed by atoms with van der Waals surface area (Å²) in [5.74, 6) is -1.56. The molecule has 0 fully saturated rings. The lowest BCUT2D eigenvalue weighted by Crippen LogP contribution is -2.33. The second-order valence-electron chi connectivity index (χ2n) is 7.46. The molecule has 3 aromatic rings. The van der Waals surface area contributed by atoms with Gasteiger partial charge in [0.15, 0.2) is 5.69 Å². The van der Waals surface area contributed by atoms with Gasteiger partial charge >= 0.3 is 18.7 Å². The highest BCUT2D eigenvalue weighted by atomic mass is 19.4. The van der Waals surface area contributed by atoms with Crippen molar-refractivity contribution in [3.05, 3.63) is 52.9 Å². The Hall–Kier alpha value is -3.59.